The Hall–Kier alpha value is -3.56. The van der Waals surface area contributed by atoms with Gasteiger partial charge in [0, 0.05) is 31.2 Å². The highest BCUT2D eigenvalue weighted by Crippen LogP contribution is 2.30. The molecule has 3 aromatic rings. The molecule has 1 aliphatic rings. The lowest BCUT2D eigenvalue weighted by Gasteiger charge is -2.40. The van der Waals surface area contributed by atoms with Crippen LogP contribution in [0.15, 0.2) is 35.1 Å². The molecule has 1 fully saturated rings. The summed E-state index contributed by atoms with van der Waals surface area (Å²) in [5, 5.41) is 0.296. The van der Waals surface area contributed by atoms with Crippen LogP contribution in [0.4, 0.5) is 19.4 Å². The molecule has 0 saturated carbocycles. The summed E-state index contributed by atoms with van der Waals surface area (Å²) in [5.74, 6) is -1.09. The highest BCUT2D eigenvalue weighted by molar-refractivity contribution is 5.89. The van der Waals surface area contributed by atoms with Crippen molar-refractivity contribution in [2.45, 2.75) is 39.3 Å². The van der Waals surface area contributed by atoms with Crippen LogP contribution in [0.5, 0.6) is 0 Å². The van der Waals surface area contributed by atoms with Gasteiger partial charge in [-0.1, -0.05) is 12.1 Å². The first kappa shape index (κ1) is 22.6. The van der Waals surface area contributed by atoms with Crippen LogP contribution in [0.25, 0.3) is 22.3 Å². The molecule has 0 bridgehead atoms. The Morgan fingerprint density at radius 3 is 2.55 bits per heavy atom. The monoisotopic (exact) mass is 457 g/mol. The number of fused-ring (bicyclic) bond motifs is 1. The quantitative estimate of drug-likeness (QED) is 0.631. The van der Waals surface area contributed by atoms with Gasteiger partial charge in [0.05, 0.1) is 5.39 Å². The van der Waals surface area contributed by atoms with Crippen LogP contribution in [0.1, 0.15) is 27.7 Å². The summed E-state index contributed by atoms with van der Waals surface area (Å²) in [6.07, 6.45) is -0.417. The zero-order valence-electron chi connectivity index (χ0n) is 18.9. The SMILES string of the molecule is C[C@H]1CN(C(=O)OC(C)(C)C)CCN1c1nc(=O)[nH]c2nc(-c3ccccc3F)c(F)cc12. The first-order valence-electron chi connectivity index (χ1n) is 10.6. The number of amides is 1. The minimum atomic E-state index is -0.734. The normalized spacial score (nSPS) is 16.8. The number of hydrogen-bond donors (Lipinski definition) is 1. The number of rotatable bonds is 2. The molecule has 10 heteroatoms. The number of pyridine rings is 1. The van der Waals surface area contributed by atoms with E-state index in [-0.39, 0.29) is 28.8 Å². The van der Waals surface area contributed by atoms with Gasteiger partial charge in [-0.2, -0.15) is 4.98 Å². The molecule has 1 saturated heterocycles. The minimum Gasteiger partial charge on any atom is -0.444 e. The van der Waals surface area contributed by atoms with Gasteiger partial charge in [0.15, 0.2) is 0 Å². The third-order valence-electron chi connectivity index (χ3n) is 5.33. The molecular weight excluding hydrogens is 432 g/mol. The Labute approximate surface area is 189 Å². The summed E-state index contributed by atoms with van der Waals surface area (Å²) in [4.78, 5) is 39.0. The smallest absolute Gasteiger partial charge is 0.410 e. The van der Waals surface area contributed by atoms with Gasteiger partial charge in [-0.3, -0.25) is 4.98 Å². The molecule has 1 aliphatic heterocycles. The molecule has 1 amide bonds. The molecule has 1 N–H and O–H groups in total. The van der Waals surface area contributed by atoms with Gasteiger partial charge in [0.2, 0.25) is 0 Å². The predicted octanol–water partition coefficient (Wildman–Crippen LogP) is 3.71. The molecule has 33 heavy (non-hydrogen) atoms. The Kier molecular flexibility index (Phi) is 5.77. The van der Waals surface area contributed by atoms with Gasteiger partial charge < -0.3 is 14.5 Å². The summed E-state index contributed by atoms with van der Waals surface area (Å²) < 4.78 is 34.7. The maximum Gasteiger partial charge on any atom is 0.410 e. The lowest BCUT2D eigenvalue weighted by Crippen LogP contribution is -2.55. The van der Waals surface area contributed by atoms with Crippen molar-refractivity contribution in [1.29, 1.82) is 0 Å². The Balaban J connectivity index is 1.69. The van der Waals surface area contributed by atoms with Gasteiger partial charge in [0.1, 0.15) is 34.4 Å². The Morgan fingerprint density at radius 2 is 1.88 bits per heavy atom. The zero-order chi connectivity index (χ0) is 23.9. The molecule has 1 atom stereocenters. The second kappa shape index (κ2) is 8.42. The maximum atomic E-state index is 15.0. The number of carbonyl (C=O) groups is 1. The first-order chi connectivity index (χ1) is 15.5. The average Bonchev–Trinajstić information content (AvgIpc) is 2.72. The number of benzene rings is 1. The van der Waals surface area contributed by atoms with E-state index in [4.69, 9.17) is 4.74 Å². The summed E-state index contributed by atoms with van der Waals surface area (Å²) >= 11 is 0. The van der Waals surface area contributed by atoms with Gasteiger partial charge in [-0.05, 0) is 45.9 Å². The second-order valence-corrected chi connectivity index (χ2v) is 9.03. The second-order valence-electron chi connectivity index (χ2n) is 9.03. The first-order valence-corrected chi connectivity index (χ1v) is 10.6. The fraction of sp³-hybridized carbons (Fsp3) is 0.391. The number of aromatic nitrogens is 3. The predicted molar refractivity (Wildman–Crippen MR) is 120 cm³/mol. The van der Waals surface area contributed by atoms with Crippen LogP contribution < -0.4 is 10.6 Å². The molecule has 0 spiro atoms. The van der Waals surface area contributed by atoms with Gasteiger partial charge in [-0.15, -0.1) is 0 Å². The van der Waals surface area contributed by atoms with Crippen LogP contribution in [-0.2, 0) is 4.74 Å². The molecule has 3 heterocycles. The number of nitrogens with zero attached hydrogens (tertiary/aromatic N) is 4. The Bertz CT molecular complexity index is 1270. The summed E-state index contributed by atoms with van der Waals surface area (Å²) in [7, 11) is 0. The molecule has 4 rings (SSSR count). The van der Waals surface area contributed by atoms with E-state index in [1.165, 1.54) is 24.3 Å². The van der Waals surface area contributed by atoms with Gasteiger partial charge >= 0.3 is 11.8 Å². The molecule has 8 nitrogen and oxygen atoms in total. The molecule has 0 radical (unpaired) electrons. The molecule has 1 aromatic carbocycles. The highest BCUT2D eigenvalue weighted by atomic mass is 19.1. The van der Waals surface area contributed by atoms with Crippen molar-refractivity contribution in [3.63, 3.8) is 0 Å². The van der Waals surface area contributed by atoms with Crippen molar-refractivity contribution < 1.29 is 18.3 Å². The van der Waals surface area contributed by atoms with Gasteiger partial charge in [0.25, 0.3) is 0 Å². The maximum absolute atomic E-state index is 15.0. The van der Waals surface area contributed by atoms with Crippen molar-refractivity contribution in [2.75, 3.05) is 24.5 Å². The van der Waals surface area contributed by atoms with E-state index >= 15 is 4.39 Å². The average molecular weight is 457 g/mol. The Morgan fingerprint density at radius 1 is 1.15 bits per heavy atom. The highest BCUT2D eigenvalue weighted by Gasteiger charge is 2.31. The lowest BCUT2D eigenvalue weighted by atomic mass is 10.1. The molecule has 174 valence electrons. The standard InChI is InChI=1S/C23H25F2N5O3/c1-13-12-29(22(32)33-23(2,3)4)9-10-30(13)20-15-11-17(25)18(14-7-5-6-8-16(14)24)26-19(15)27-21(31)28-20/h5-8,11,13H,9-10,12H2,1-4H3,(H,26,27,28,31)/t13-/m0/s1. The van der Waals surface area contributed by atoms with Crippen molar-refractivity contribution >= 4 is 22.9 Å². The third kappa shape index (κ3) is 4.64. The zero-order valence-corrected chi connectivity index (χ0v) is 18.9. The minimum absolute atomic E-state index is 0.00421. The van der Waals surface area contributed by atoms with Crippen LogP contribution in [0.3, 0.4) is 0 Å². The number of anilines is 1. The molecule has 2 aromatic heterocycles. The van der Waals surface area contributed by atoms with Gasteiger partial charge in [-0.25, -0.2) is 23.4 Å². The molecular formula is C23H25F2N5O3. The number of carbonyl (C=O) groups excluding carboxylic acids is 1. The number of piperazine rings is 1. The van der Waals surface area contributed by atoms with E-state index in [1.54, 1.807) is 31.7 Å². The summed E-state index contributed by atoms with van der Waals surface area (Å²) in [6, 6.07) is 6.70. The fourth-order valence-electron chi connectivity index (χ4n) is 3.87. The van der Waals surface area contributed by atoms with Crippen LogP contribution in [-0.4, -0.2) is 57.2 Å². The van der Waals surface area contributed by atoms with E-state index < -0.39 is 29.0 Å². The van der Waals surface area contributed by atoms with Crippen molar-refractivity contribution in [1.82, 2.24) is 19.9 Å². The lowest BCUT2D eigenvalue weighted by molar-refractivity contribution is 0.0218. The van der Waals surface area contributed by atoms with E-state index in [0.717, 1.165) is 0 Å². The van der Waals surface area contributed by atoms with Crippen molar-refractivity contribution in [2.24, 2.45) is 0 Å². The van der Waals surface area contributed by atoms with Crippen molar-refractivity contribution in [3.05, 3.63) is 52.5 Å². The molecule has 0 unspecified atom stereocenters. The molecule has 0 aliphatic carbocycles. The number of H-pyrrole nitrogens is 1. The number of nitrogens with one attached hydrogen (secondary N) is 1. The van der Waals surface area contributed by atoms with Crippen LogP contribution >= 0.6 is 0 Å². The van der Waals surface area contributed by atoms with E-state index in [0.29, 0.717) is 25.0 Å². The van der Waals surface area contributed by atoms with Crippen LogP contribution in [0.2, 0.25) is 0 Å². The topological polar surface area (TPSA) is 91.4 Å². The largest absolute Gasteiger partial charge is 0.444 e. The number of hydrogen-bond acceptors (Lipinski definition) is 6. The van der Waals surface area contributed by atoms with Crippen LogP contribution in [0, 0.1) is 11.6 Å². The van der Waals surface area contributed by atoms with E-state index in [1.807, 2.05) is 11.8 Å². The number of halogens is 2. The third-order valence-corrected chi connectivity index (χ3v) is 5.33. The van der Waals surface area contributed by atoms with E-state index in [9.17, 15) is 14.0 Å². The fourth-order valence-corrected chi connectivity index (χ4v) is 3.87. The summed E-state index contributed by atoms with van der Waals surface area (Å²) in [5.41, 5.74) is -1.36. The number of aromatic amines is 1. The number of ether oxygens (including phenoxy) is 1. The van der Waals surface area contributed by atoms with E-state index in [2.05, 4.69) is 15.0 Å². The summed E-state index contributed by atoms with van der Waals surface area (Å²) in [6.45, 7) is 8.33. The van der Waals surface area contributed by atoms with Crippen molar-refractivity contribution in [3.8, 4) is 11.3 Å².